The number of hydrogen-bond acceptors (Lipinski definition) is 5. The number of hydrogen-bond donors (Lipinski definition) is 2. The molecule has 2 saturated heterocycles. The predicted molar refractivity (Wildman–Crippen MR) is 156 cm³/mol. The van der Waals surface area contributed by atoms with E-state index in [0.29, 0.717) is 11.8 Å². The highest BCUT2D eigenvalue weighted by Gasteiger charge is 2.42. The average molecular weight is 530 g/mol. The van der Waals surface area contributed by atoms with E-state index in [4.69, 9.17) is 0 Å². The molecule has 0 radical (unpaired) electrons. The highest BCUT2D eigenvalue weighted by atomic mass is 16.4. The number of benzene rings is 2. The van der Waals surface area contributed by atoms with Crippen molar-refractivity contribution in [3.63, 3.8) is 0 Å². The minimum absolute atomic E-state index is 0.0630. The smallest absolute Gasteiger partial charge is 0.321 e. The summed E-state index contributed by atoms with van der Waals surface area (Å²) in [7, 11) is 0. The zero-order valence-corrected chi connectivity index (χ0v) is 23.4. The van der Waals surface area contributed by atoms with Gasteiger partial charge < -0.3 is 15.1 Å². The Morgan fingerprint density at radius 2 is 1.77 bits per heavy atom. The number of nitrogens with zero attached hydrogens (tertiary/aromatic N) is 3. The number of aromatic nitrogens is 1. The van der Waals surface area contributed by atoms with Crippen LogP contribution >= 0.6 is 0 Å². The van der Waals surface area contributed by atoms with E-state index in [9.17, 15) is 15.0 Å². The molecule has 2 fully saturated rings. The Morgan fingerprint density at radius 1 is 1.05 bits per heavy atom. The molecule has 0 saturated carbocycles. The number of aliphatic hydroxyl groups is 1. The van der Waals surface area contributed by atoms with Crippen molar-refractivity contribution < 1.29 is 15.0 Å². The van der Waals surface area contributed by atoms with Gasteiger partial charge in [-0.2, -0.15) is 0 Å². The van der Waals surface area contributed by atoms with Gasteiger partial charge in [0.25, 0.3) is 0 Å². The topological polar surface area (TPSA) is 76.9 Å². The minimum Gasteiger partial charge on any atom is -0.480 e. The van der Waals surface area contributed by atoms with Crippen LogP contribution in [-0.2, 0) is 11.2 Å². The van der Waals surface area contributed by atoms with Crippen LogP contribution in [0.3, 0.4) is 0 Å². The highest BCUT2D eigenvalue weighted by Crippen LogP contribution is 2.37. The summed E-state index contributed by atoms with van der Waals surface area (Å²) in [6.07, 6.45) is 6.25. The van der Waals surface area contributed by atoms with Gasteiger partial charge in [-0.1, -0.05) is 62.4 Å². The molecule has 0 spiro atoms. The Balaban J connectivity index is 1.16. The van der Waals surface area contributed by atoms with Gasteiger partial charge in [0.15, 0.2) is 0 Å². The molecule has 1 aromatic heterocycles. The van der Waals surface area contributed by atoms with Crippen molar-refractivity contribution in [2.45, 2.75) is 63.5 Å². The van der Waals surface area contributed by atoms with Crippen molar-refractivity contribution >= 4 is 16.9 Å². The quantitative estimate of drug-likeness (QED) is 0.376. The van der Waals surface area contributed by atoms with Crippen molar-refractivity contribution in [2.24, 2.45) is 11.8 Å². The monoisotopic (exact) mass is 529 g/mol. The van der Waals surface area contributed by atoms with Gasteiger partial charge in [-0.05, 0) is 67.2 Å². The molecular formula is C33H43N3O3. The van der Waals surface area contributed by atoms with E-state index in [0.717, 1.165) is 70.3 Å². The average Bonchev–Trinajstić information content (AvgIpc) is 3.33. The van der Waals surface area contributed by atoms with Crippen molar-refractivity contribution in [3.8, 4) is 0 Å². The molecule has 6 nitrogen and oxygen atoms in total. The Morgan fingerprint density at radius 3 is 2.49 bits per heavy atom. The third-order valence-corrected chi connectivity index (χ3v) is 9.01. The fourth-order valence-electron chi connectivity index (χ4n) is 6.87. The summed E-state index contributed by atoms with van der Waals surface area (Å²) in [6, 6.07) is 20.6. The van der Waals surface area contributed by atoms with Gasteiger partial charge in [0.1, 0.15) is 6.04 Å². The minimum atomic E-state index is -0.722. The van der Waals surface area contributed by atoms with Crippen LogP contribution in [0.25, 0.3) is 10.9 Å². The van der Waals surface area contributed by atoms with Crippen molar-refractivity contribution in [3.05, 3.63) is 78.0 Å². The summed E-state index contributed by atoms with van der Waals surface area (Å²) in [5.74, 6) is 0.0378. The van der Waals surface area contributed by atoms with Gasteiger partial charge in [-0.3, -0.25) is 14.7 Å². The van der Waals surface area contributed by atoms with Crippen LogP contribution in [0.1, 0.15) is 56.6 Å². The van der Waals surface area contributed by atoms with E-state index >= 15 is 0 Å². The number of fused-ring (bicyclic) bond motifs is 1. The molecule has 2 aliphatic heterocycles. The maximum Gasteiger partial charge on any atom is 0.321 e. The fourth-order valence-corrected chi connectivity index (χ4v) is 6.87. The summed E-state index contributed by atoms with van der Waals surface area (Å²) in [6.45, 7) is 8.31. The molecule has 0 bridgehead atoms. The summed E-state index contributed by atoms with van der Waals surface area (Å²) in [4.78, 5) is 21.4. The van der Waals surface area contributed by atoms with Crippen molar-refractivity contribution in [1.29, 1.82) is 0 Å². The summed E-state index contributed by atoms with van der Waals surface area (Å²) >= 11 is 0. The lowest BCUT2D eigenvalue weighted by atomic mass is 9.84. The van der Waals surface area contributed by atoms with Gasteiger partial charge in [-0.15, -0.1) is 0 Å². The number of likely N-dealkylation sites (tertiary alicyclic amines) is 2. The zero-order valence-electron chi connectivity index (χ0n) is 23.4. The van der Waals surface area contributed by atoms with E-state index < -0.39 is 17.6 Å². The number of carboxylic acids is 1. The Kier molecular flexibility index (Phi) is 8.65. The highest BCUT2D eigenvalue weighted by molar-refractivity contribution is 5.78. The molecule has 3 aromatic rings. The number of aliphatic carboxylic acids is 1. The lowest BCUT2D eigenvalue weighted by Gasteiger charge is -2.40. The van der Waals surface area contributed by atoms with Crippen molar-refractivity contribution in [1.82, 2.24) is 14.8 Å². The number of pyridine rings is 1. The van der Waals surface area contributed by atoms with Crippen LogP contribution < -0.4 is 0 Å². The second-order valence-corrected chi connectivity index (χ2v) is 12.2. The van der Waals surface area contributed by atoms with E-state index in [2.05, 4.69) is 51.2 Å². The van der Waals surface area contributed by atoms with Crippen LogP contribution in [0, 0.1) is 11.8 Å². The molecule has 39 heavy (non-hydrogen) atoms. The second kappa shape index (κ2) is 12.2. The fraction of sp³-hybridized carbons (Fsp3) is 0.515. The molecule has 2 aromatic carbocycles. The van der Waals surface area contributed by atoms with Gasteiger partial charge >= 0.3 is 5.97 Å². The van der Waals surface area contributed by atoms with Crippen LogP contribution in [-0.4, -0.2) is 75.3 Å². The summed E-state index contributed by atoms with van der Waals surface area (Å²) in [5, 5.41) is 22.5. The van der Waals surface area contributed by atoms with Gasteiger partial charge in [0.2, 0.25) is 0 Å². The zero-order chi connectivity index (χ0) is 27.4. The van der Waals surface area contributed by atoms with Crippen molar-refractivity contribution in [2.75, 3.05) is 32.7 Å². The molecule has 6 heteroatoms. The number of rotatable bonds is 10. The molecule has 0 amide bonds. The molecule has 3 unspecified atom stereocenters. The third kappa shape index (κ3) is 6.68. The van der Waals surface area contributed by atoms with Gasteiger partial charge in [0, 0.05) is 50.2 Å². The predicted octanol–water partition coefficient (Wildman–Crippen LogP) is 5.21. The molecule has 3 atom stereocenters. The SMILES string of the molecule is CC(C)C(C(=O)O)N1CC(CN2CCC(O)(CCCc3cnc4ccccc4c3)CC2)C(c2ccccc2)C1. The maximum atomic E-state index is 12.1. The van der Waals surface area contributed by atoms with E-state index in [1.165, 1.54) is 16.5 Å². The van der Waals surface area contributed by atoms with E-state index in [1.54, 1.807) is 0 Å². The number of carbonyl (C=O) groups is 1. The van der Waals surface area contributed by atoms with Gasteiger partial charge in [-0.25, -0.2) is 0 Å². The molecular weight excluding hydrogens is 486 g/mol. The summed E-state index contributed by atoms with van der Waals surface area (Å²) in [5.41, 5.74) is 2.95. The number of carboxylic acid groups (broad SMARTS) is 1. The number of aryl methyl sites for hydroxylation is 1. The number of piperidine rings is 1. The first-order valence-corrected chi connectivity index (χ1v) is 14.6. The maximum absolute atomic E-state index is 12.1. The first-order valence-electron chi connectivity index (χ1n) is 14.6. The first-order chi connectivity index (χ1) is 18.8. The second-order valence-electron chi connectivity index (χ2n) is 12.2. The van der Waals surface area contributed by atoms with Crippen LogP contribution in [0.4, 0.5) is 0 Å². The Labute approximate surface area is 232 Å². The molecule has 3 heterocycles. The van der Waals surface area contributed by atoms with Crippen LogP contribution in [0.5, 0.6) is 0 Å². The lowest BCUT2D eigenvalue weighted by Crippen LogP contribution is -2.47. The number of para-hydroxylation sites is 1. The lowest BCUT2D eigenvalue weighted by molar-refractivity contribution is -0.144. The third-order valence-electron chi connectivity index (χ3n) is 9.01. The normalized spacial score (nSPS) is 22.9. The Hall–Kier alpha value is -2.80. The van der Waals surface area contributed by atoms with E-state index in [1.807, 2.05) is 44.3 Å². The van der Waals surface area contributed by atoms with E-state index in [-0.39, 0.29) is 5.92 Å². The molecule has 208 valence electrons. The van der Waals surface area contributed by atoms with Gasteiger partial charge in [0.05, 0.1) is 11.1 Å². The molecule has 5 rings (SSSR count). The molecule has 0 aliphatic carbocycles. The molecule has 2 N–H and O–H groups in total. The van der Waals surface area contributed by atoms with Crippen LogP contribution in [0.15, 0.2) is 66.9 Å². The molecule has 2 aliphatic rings. The first kappa shape index (κ1) is 27.8. The summed E-state index contributed by atoms with van der Waals surface area (Å²) < 4.78 is 0. The Bertz CT molecular complexity index is 1240. The standard InChI is InChI=1S/C33H43N3O3/c1-24(2)31(32(37)38)36-22-28(29(23-36)26-10-4-3-5-11-26)21-35-17-15-33(39,16-18-35)14-8-9-25-19-27-12-6-7-13-30(27)34-20-25/h3-7,10-13,19-20,24,28-29,31,39H,8-9,14-18,21-23H2,1-2H3,(H,37,38). The largest absolute Gasteiger partial charge is 0.480 e. The van der Waals surface area contributed by atoms with Crippen LogP contribution in [0.2, 0.25) is 0 Å².